The molecule has 0 amide bonds. The Kier molecular flexibility index (Phi) is 14.0. The van der Waals surface area contributed by atoms with Gasteiger partial charge in [-0.05, 0) is 89.4 Å². The maximum atomic E-state index is 11.6. The van der Waals surface area contributed by atoms with Crippen molar-refractivity contribution in [1.29, 1.82) is 0 Å². The van der Waals surface area contributed by atoms with Crippen LogP contribution in [0.4, 0.5) is 0 Å². The van der Waals surface area contributed by atoms with Crippen molar-refractivity contribution in [1.82, 2.24) is 19.9 Å². The summed E-state index contributed by atoms with van der Waals surface area (Å²) in [5.74, 6) is 0.0571. The summed E-state index contributed by atoms with van der Waals surface area (Å²) in [4.78, 5) is 37.9. The molecule has 19 heteroatoms. The second-order valence-electron chi connectivity index (χ2n) is 9.99. The lowest BCUT2D eigenvalue weighted by molar-refractivity contribution is -0.146. The van der Waals surface area contributed by atoms with E-state index >= 15 is 0 Å². The van der Waals surface area contributed by atoms with Crippen LogP contribution in [0, 0.1) is 0 Å². The Bertz CT molecular complexity index is 1740. The molecule has 0 bridgehead atoms. The van der Waals surface area contributed by atoms with Gasteiger partial charge in [0.25, 0.3) is 0 Å². The Hall–Kier alpha value is -4.02. The van der Waals surface area contributed by atoms with E-state index in [9.17, 15) is 24.7 Å². The number of carbonyl (C=O) groups is 2. The number of hydrogen-bond acceptors (Lipinski definition) is 14. The van der Waals surface area contributed by atoms with E-state index < -0.39 is 26.4 Å². The zero-order chi connectivity index (χ0) is 35.5. The molecule has 0 saturated carbocycles. The summed E-state index contributed by atoms with van der Waals surface area (Å²) in [6.45, 7) is 4.08. The standard InChI is InChI=1S/C15H14BClN2O5.C11H13BO5.C4H2Cl2N2/c1-2-22-14(20)8-12-10-4-3-9(7-11(10)16(21)24-12)23-13-5-6-18-15(17)19-13;1-2-16-11(14)6-10-8-4-3-7(13)5-9(8)12(15)17-10;5-3-1-2-7-4(6)8-3/h3-7,12,21H,2,8H2,1H3;3-5,10,13,15H,2,6H2,1H3;1-2H. The van der Waals surface area contributed by atoms with Gasteiger partial charge < -0.3 is 38.7 Å². The molecule has 4 heterocycles. The first-order chi connectivity index (χ1) is 23.5. The van der Waals surface area contributed by atoms with Gasteiger partial charge in [0.1, 0.15) is 16.7 Å². The van der Waals surface area contributed by atoms with E-state index in [0.717, 1.165) is 5.56 Å². The zero-order valence-corrected chi connectivity index (χ0v) is 28.3. The highest BCUT2D eigenvalue weighted by atomic mass is 35.5. The van der Waals surface area contributed by atoms with E-state index in [4.69, 9.17) is 58.3 Å². The number of aromatic nitrogens is 4. The van der Waals surface area contributed by atoms with Crippen molar-refractivity contribution < 1.29 is 48.3 Å². The molecule has 2 atom stereocenters. The second kappa shape index (κ2) is 18.1. The van der Waals surface area contributed by atoms with Crippen LogP contribution >= 0.6 is 34.8 Å². The molecule has 2 aromatic carbocycles. The Morgan fingerprint density at radius 2 is 1.31 bits per heavy atom. The smallest absolute Gasteiger partial charge is 0.492 e. The van der Waals surface area contributed by atoms with Crippen molar-refractivity contribution in [2.75, 3.05) is 13.2 Å². The minimum Gasteiger partial charge on any atom is -0.508 e. The minimum atomic E-state index is -1.13. The van der Waals surface area contributed by atoms with Crippen molar-refractivity contribution in [3.63, 3.8) is 0 Å². The molecule has 3 N–H and O–H groups in total. The number of benzene rings is 2. The molecule has 2 aliphatic rings. The first kappa shape index (κ1) is 37.8. The number of esters is 2. The van der Waals surface area contributed by atoms with Gasteiger partial charge in [-0.3, -0.25) is 9.59 Å². The van der Waals surface area contributed by atoms with Gasteiger partial charge in [0.15, 0.2) is 0 Å². The van der Waals surface area contributed by atoms with E-state index in [2.05, 4.69) is 19.9 Å². The Morgan fingerprint density at radius 3 is 1.82 bits per heavy atom. The summed E-state index contributed by atoms with van der Waals surface area (Å²) in [6, 6.07) is 12.8. The molecular formula is C30H29B2Cl3N4O10. The molecule has 0 radical (unpaired) electrons. The van der Waals surface area contributed by atoms with Gasteiger partial charge >= 0.3 is 26.2 Å². The van der Waals surface area contributed by atoms with Crippen molar-refractivity contribution in [3.8, 4) is 17.4 Å². The average Bonchev–Trinajstić information content (AvgIpc) is 3.51. The monoisotopic (exact) mass is 732 g/mol. The fraction of sp³-hybridized carbons (Fsp3) is 0.267. The van der Waals surface area contributed by atoms with Crippen molar-refractivity contribution >= 4 is 71.9 Å². The quantitative estimate of drug-likeness (QED) is 0.103. The largest absolute Gasteiger partial charge is 0.508 e. The molecule has 0 aliphatic carbocycles. The summed E-state index contributed by atoms with van der Waals surface area (Å²) in [5, 5.41) is 29.6. The van der Waals surface area contributed by atoms with Gasteiger partial charge in [0.05, 0.1) is 38.3 Å². The van der Waals surface area contributed by atoms with Gasteiger partial charge in [-0.25, -0.2) is 15.0 Å². The molecule has 4 aromatic rings. The topological polar surface area (TPSA) is 193 Å². The van der Waals surface area contributed by atoms with Gasteiger partial charge in [0, 0.05) is 18.5 Å². The van der Waals surface area contributed by atoms with E-state index in [-0.39, 0.29) is 47.0 Å². The lowest BCUT2D eigenvalue weighted by atomic mass is 9.79. The lowest BCUT2D eigenvalue weighted by Gasteiger charge is -2.11. The molecule has 2 aromatic heterocycles. The molecule has 49 heavy (non-hydrogen) atoms. The number of carbonyl (C=O) groups excluding carboxylic acids is 2. The van der Waals surface area contributed by atoms with Gasteiger partial charge in [-0.15, -0.1) is 0 Å². The average molecular weight is 734 g/mol. The van der Waals surface area contributed by atoms with Gasteiger partial charge in [-0.1, -0.05) is 23.7 Å². The molecule has 0 saturated heterocycles. The van der Waals surface area contributed by atoms with Crippen LogP contribution in [0.25, 0.3) is 0 Å². The van der Waals surface area contributed by atoms with Crippen LogP contribution in [0.5, 0.6) is 17.4 Å². The summed E-state index contributed by atoms with van der Waals surface area (Å²) in [5.41, 5.74) is 2.48. The van der Waals surface area contributed by atoms with Crippen LogP contribution in [0.1, 0.15) is 50.0 Å². The number of fused-ring (bicyclic) bond motifs is 2. The van der Waals surface area contributed by atoms with Crippen molar-refractivity contribution in [2.45, 2.75) is 38.9 Å². The highest BCUT2D eigenvalue weighted by Gasteiger charge is 2.37. The van der Waals surface area contributed by atoms with E-state index in [1.165, 1.54) is 24.5 Å². The van der Waals surface area contributed by atoms with Gasteiger partial charge in [-0.2, -0.15) is 4.98 Å². The van der Waals surface area contributed by atoms with Crippen LogP contribution in [-0.2, 0) is 28.4 Å². The summed E-state index contributed by atoms with van der Waals surface area (Å²) in [6.07, 6.45) is 2.02. The van der Waals surface area contributed by atoms with Crippen LogP contribution in [-0.4, -0.2) is 74.5 Å². The van der Waals surface area contributed by atoms with E-state index in [1.807, 2.05) is 0 Å². The maximum Gasteiger partial charge on any atom is 0.492 e. The second-order valence-corrected chi connectivity index (χ2v) is 11.1. The van der Waals surface area contributed by atoms with Crippen LogP contribution < -0.4 is 15.7 Å². The zero-order valence-electron chi connectivity index (χ0n) is 26.0. The van der Waals surface area contributed by atoms with Crippen LogP contribution in [0.3, 0.4) is 0 Å². The number of phenolic OH excluding ortho intramolecular Hbond substituents is 1. The molecule has 0 fully saturated rings. The highest BCUT2D eigenvalue weighted by Crippen LogP contribution is 2.31. The number of rotatable bonds is 8. The first-order valence-electron chi connectivity index (χ1n) is 14.7. The summed E-state index contributed by atoms with van der Waals surface area (Å²) >= 11 is 16.5. The normalized spacial score (nSPS) is 15.6. The third kappa shape index (κ3) is 11.0. The molecule has 2 unspecified atom stereocenters. The number of phenols is 1. The number of aromatic hydroxyl groups is 1. The molecule has 6 rings (SSSR count). The fourth-order valence-electron chi connectivity index (χ4n) is 4.67. The van der Waals surface area contributed by atoms with Crippen molar-refractivity contribution in [3.05, 3.63) is 87.8 Å². The number of ether oxygens (including phenoxy) is 3. The molecule has 14 nitrogen and oxygen atoms in total. The van der Waals surface area contributed by atoms with Crippen molar-refractivity contribution in [2.24, 2.45) is 0 Å². The Morgan fingerprint density at radius 1 is 0.776 bits per heavy atom. The fourth-order valence-corrected chi connectivity index (χ4v) is 5.13. The molecular weight excluding hydrogens is 704 g/mol. The van der Waals surface area contributed by atoms with E-state index in [1.54, 1.807) is 50.2 Å². The minimum absolute atomic E-state index is 0.0413. The molecule has 256 valence electrons. The van der Waals surface area contributed by atoms with Gasteiger partial charge in [0.2, 0.25) is 16.4 Å². The summed E-state index contributed by atoms with van der Waals surface area (Å²) < 4.78 is 26.0. The molecule has 0 spiro atoms. The number of hydrogen-bond donors (Lipinski definition) is 3. The SMILES string of the molecule is CCOC(=O)CC1OB(O)c2cc(O)ccc21.CCOC(=O)CC1OB(O)c2cc(Oc3ccnc(Cl)n3)ccc21.Clc1ccnc(Cl)n1. The number of nitrogens with zero attached hydrogens (tertiary/aromatic N) is 4. The maximum absolute atomic E-state index is 11.6. The Balaban J connectivity index is 0.000000187. The van der Waals surface area contributed by atoms with E-state index in [0.29, 0.717) is 40.6 Å². The number of halogens is 3. The first-order valence-corrected chi connectivity index (χ1v) is 15.9. The lowest BCUT2D eigenvalue weighted by Crippen LogP contribution is -2.28. The van der Waals surface area contributed by atoms with Crippen LogP contribution in [0.15, 0.2) is 60.9 Å². The summed E-state index contributed by atoms with van der Waals surface area (Å²) in [7, 11) is -2.23. The third-order valence-electron chi connectivity index (χ3n) is 6.67. The highest BCUT2D eigenvalue weighted by molar-refractivity contribution is 6.62. The third-order valence-corrected chi connectivity index (χ3v) is 7.25. The Labute approximate surface area is 296 Å². The van der Waals surface area contributed by atoms with Crippen LogP contribution in [0.2, 0.25) is 15.7 Å². The predicted octanol–water partition coefficient (Wildman–Crippen LogP) is 3.52. The predicted molar refractivity (Wildman–Crippen MR) is 179 cm³/mol. The molecule has 2 aliphatic heterocycles.